The highest BCUT2D eigenvalue weighted by Crippen LogP contribution is 2.14. The zero-order chi connectivity index (χ0) is 18.3. The van der Waals surface area contributed by atoms with Crippen LogP contribution in [-0.4, -0.2) is 23.5 Å². The fourth-order valence-electron chi connectivity index (χ4n) is 2.35. The summed E-state index contributed by atoms with van der Waals surface area (Å²) < 4.78 is 0. The standard InChI is InChI=1S/C19H31N3O2/c1-7-13(2)16(21-18(24)22-19(4,5)6)17(23)20-14(3)15-11-9-8-10-12-15/h8-14,16H,7H2,1-6H3,(H,20,23)(H2,21,22,24). The van der Waals surface area contributed by atoms with Crippen molar-refractivity contribution >= 4 is 11.9 Å². The highest BCUT2D eigenvalue weighted by atomic mass is 16.2. The van der Waals surface area contributed by atoms with E-state index in [-0.39, 0.29) is 29.4 Å². The molecule has 0 heterocycles. The smallest absolute Gasteiger partial charge is 0.315 e. The van der Waals surface area contributed by atoms with Crippen molar-refractivity contribution in [1.29, 1.82) is 0 Å². The van der Waals surface area contributed by atoms with E-state index in [0.717, 1.165) is 12.0 Å². The predicted molar refractivity (Wildman–Crippen MR) is 97.7 cm³/mol. The Balaban J connectivity index is 2.76. The quantitative estimate of drug-likeness (QED) is 0.747. The van der Waals surface area contributed by atoms with Gasteiger partial charge in [0.05, 0.1) is 6.04 Å². The molecule has 0 aromatic heterocycles. The van der Waals surface area contributed by atoms with Gasteiger partial charge < -0.3 is 16.0 Å². The molecule has 0 spiro atoms. The van der Waals surface area contributed by atoms with E-state index in [0.29, 0.717) is 0 Å². The number of carbonyl (C=O) groups excluding carboxylic acids is 2. The summed E-state index contributed by atoms with van der Waals surface area (Å²) in [5, 5.41) is 8.66. The number of benzene rings is 1. The summed E-state index contributed by atoms with van der Waals surface area (Å²) in [5.41, 5.74) is 0.686. The molecule has 0 aliphatic heterocycles. The molecule has 5 nitrogen and oxygen atoms in total. The number of hydrogen-bond acceptors (Lipinski definition) is 2. The fourth-order valence-corrected chi connectivity index (χ4v) is 2.35. The summed E-state index contributed by atoms with van der Waals surface area (Å²) in [4.78, 5) is 24.8. The summed E-state index contributed by atoms with van der Waals surface area (Å²) in [6.07, 6.45) is 0.799. The summed E-state index contributed by atoms with van der Waals surface area (Å²) in [6.45, 7) is 11.6. The average Bonchev–Trinajstić information content (AvgIpc) is 2.50. The molecule has 0 saturated heterocycles. The van der Waals surface area contributed by atoms with Gasteiger partial charge in [0.1, 0.15) is 6.04 Å². The predicted octanol–water partition coefficient (Wildman–Crippen LogP) is 3.38. The molecule has 24 heavy (non-hydrogen) atoms. The van der Waals surface area contributed by atoms with Gasteiger partial charge in [0.15, 0.2) is 0 Å². The number of nitrogens with one attached hydrogen (secondary N) is 3. The molecule has 1 aromatic carbocycles. The van der Waals surface area contributed by atoms with Crippen LogP contribution in [0.25, 0.3) is 0 Å². The lowest BCUT2D eigenvalue weighted by atomic mass is 9.97. The minimum Gasteiger partial charge on any atom is -0.348 e. The Bertz CT molecular complexity index is 537. The number of hydrogen-bond donors (Lipinski definition) is 3. The minimum absolute atomic E-state index is 0.0405. The van der Waals surface area contributed by atoms with E-state index in [1.54, 1.807) is 0 Å². The first kappa shape index (κ1) is 20.0. The maximum Gasteiger partial charge on any atom is 0.315 e. The molecule has 1 aromatic rings. The summed E-state index contributed by atoms with van der Waals surface area (Å²) in [7, 11) is 0. The fraction of sp³-hybridized carbons (Fsp3) is 0.579. The first-order chi connectivity index (χ1) is 11.1. The highest BCUT2D eigenvalue weighted by molar-refractivity contribution is 5.87. The summed E-state index contributed by atoms with van der Waals surface area (Å²) in [5.74, 6) is -0.122. The SMILES string of the molecule is CCC(C)C(NC(=O)NC(C)(C)C)C(=O)NC(C)c1ccccc1. The molecule has 5 heteroatoms. The normalized spacial score (nSPS) is 15.1. The zero-order valence-electron chi connectivity index (χ0n) is 15.6. The van der Waals surface area contributed by atoms with E-state index in [1.807, 2.05) is 71.9 Å². The summed E-state index contributed by atoms with van der Waals surface area (Å²) >= 11 is 0. The molecular formula is C19H31N3O2. The van der Waals surface area contributed by atoms with Gasteiger partial charge >= 0.3 is 6.03 Å². The van der Waals surface area contributed by atoms with Crippen molar-refractivity contribution in [2.75, 3.05) is 0 Å². The molecule has 3 amide bonds. The maximum absolute atomic E-state index is 12.7. The van der Waals surface area contributed by atoms with Gasteiger partial charge in [-0.15, -0.1) is 0 Å². The first-order valence-corrected chi connectivity index (χ1v) is 8.58. The van der Waals surface area contributed by atoms with E-state index in [1.165, 1.54) is 0 Å². The Kier molecular flexibility index (Phi) is 7.26. The van der Waals surface area contributed by atoms with Crippen molar-refractivity contribution in [2.24, 2.45) is 5.92 Å². The second-order valence-electron chi connectivity index (χ2n) is 7.35. The lowest BCUT2D eigenvalue weighted by Crippen LogP contribution is -2.56. The largest absolute Gasteiger partial charge is 0.348 e. The van der Waals surface area contributed by atoms with E-state index in [4.69, 9.17) is 0 Å². The van der Waals surface area contributed by atoms with Crippen molar-refractivity contribution in [1.82, 2.24) is 16.0 Å². The van der Waals surface area contributed by atoms with Crippen LogP contribution in [0.4, 0.5) is 4.79 Å². The van der Waals surface area contributed by atoms with Gasteiger partial charge in [-0.25, -0.2) is 4.79 Å². The second-order valence-corrected chi connectivity index (χ2v) is 7.35. The minimum atomic E-state index is -0.566. The van der Waals surface area contributed by atoms with Crippen LogP contribution >= 0.6 is 0 Å². The molecule has 134 valence electrons. The Morgan fingerprint density at radius 1 is 1.04 bits per heavy atom. The van der Waals surface area contributed by atoms with Crippen LogP contribution in [0.15, 0.2) is 30.3 Å². The third-order valence-corrected chi connectivity index (χ3v) is 3.93. The zero-order valence-corrected chi connectivity index (χ0v) is 15.6. The number of urea groups is 1. The van der Waals surface area contributed by atoms with Crippen molar-refractivity contribution in [3.63, 3.8) is 0 Å². The van der Waals surface area contributed by atoms with Crippen LogP contribution in [0, 0.1) is 5.92 Å². The van der Waals surface area contributed by atoms with E-state index in [9.17, 15) is 9.59 Å². The Labute approximate surface area is 145 Å². The van der Waals surface area contributed by atoms with Crippen molar-refractivity contribution in [2.45, 2.75) is 65.6 Å². The van der Waals surface area contributed by atoms with Crippen molar-refractivity contribution in [3.05, 3.63) is 35.9 Å². The van der Waals surface area contributed by atoms with Gasteiger partial charge in [0.2, 0.25) is 5.91 Å². The van der Waals surface area contributed by atoms with Crippen molar-refractivity contribution in [3.8, 4) is 0 Å². The molecule has 3 unspecified atom stereocenters. The van der Waals surface area contributed by atoms with Gasteiger partial charge in [-0.2, -0.15) is 0 Å². The molecule has 0 aliphatic rings. The highest BCUT2D eigenvalue weighted by Gasteiger charge is 2.28. The van der Waals surface area contributed by atoms with E-state index < -0.39 is 6.04 Å². The van der Waals surface area contributed by atoms with E-state index >= 15 is 0 Å². The van der Waals surface area contributed by atoms with E-state index in [2.05, 4.69) is 16.0 Å². The molecule has 0 saturated carbocycles. The van der Waals surface area contributed by atoms with Crippen LogP contribution in [0.3, 0.4) is 0 Å². The molecule has 0 bridgehead atoms. The number of carbonyl (C=O) groups is 2. The lowest BCUT2D eigenvalue weighted by molar-refractivity contribution is -0.124. The van der Waals surface area contributed by atoms with Crippen LogP contribution in [-0.2, 0) is 4.79 Å². The second kappa shape index (κ2) is 8.71. The third kappa shape index (κ3) is 6.60. The lowest BCUT2D eigenvalue weighted by Gasteiger charge is -2.28. The van der Waals surface area contributed by atoms with Crippen LogP contribution in [0.5, 0.6) is 0 Å². The Morgan fingerprint density at radius 3 is 2.12 bits per heavy atom. The Hall–Kier alpha value is -2.04. The van der Waals surface area contributed by atoms with Crippen LogP contribution in [0.1, 0.15) is 59.6 Å². The van der Waals surface area contributed by atoms with Gasteiger partial charge in [-0.1, -0.05) is 50.6 Å². The molecule has 1 rings (SSSR count). The third-order valence-electron chi connectivity index (χ3n) is 3.93. The molecule has 3 N–H and O–H groups in total. The molecular weight excluding hydrogens is 302 g/mol. The Morgan fingerprint density at radius 2 is 1.62 bits per heavy atom. The van der Waals surface area contributed by atoms with Crippen LogP contribution < -0.4 is 16.0 Å². The van der Waals surface area contributed by atoms with Crippen LogP contribution in [0.2, 0.25) is 0 Å². The van der Waals surface area contributed by atoms with Gasteiger partial charge in [0.25, 0.3) is 0 Å². The van der Waals surface area contributed by atoms with Crippen molar-refractivity contribution < 1.29 is 9.59 Å². The number of rotatable bonds is 6. The maximum atomic E-state index is 12.7. The van der Waals surface area contributed by atoms with Gasteiger partial charge in [-0.05, 0) is 39.2 Å². The number of amides is 3. The average molecular weight is 333 g/mol. The molecule has 0 aliphatic carbocycles. The molecule has 0 fully saturated rings. The molecule has 3 atom stereocenters. The van der Waals surface area contributed by atoms with Gasteiger partial charge in [0, 0.05) is 5.54 Å². The van der Waals surface area contributed by atoms with Gasteiger partial charge in [-0.3, -0.25) is 4.79 Å². The monoisotopic (exact) mass is 333 g/mol. The molecule has 0 radical (unpaired) electrons. The first-order valence-electron chi connectivity index (χ1n) is 8.58. The topological polar surface area (TPSA) is 70.2 Å². The summed E-state index contributed by atoms with van der Waals surface area (Å²) in [6, 6.07) is 8.78.